The summed E-state index contributed by atoms with van der Waals surface area (Å²) in [5, 5.41) is 0. The van der Waals surface area contributed by atoms with Crippen molar-refractivity contribution in [3.8, 4) is 5.75 Å². The number of unbranched alkanes of at least 4 members (excludes halogenated alkanes) is 1. The number of benzene rings is 2. The molecule has 0 aliphatic carbocycles. The fourth-order valence-corrected chi connectivity index (χ4v) is 3.12. The van der Waals surface area contributed by atoms with Crippen molar-refractivity contribution in [1.82, 2.24) is 0 Å². The number of methoxy groups -OCH3 is 1. The van der Waals surface area contributed by atoms with Gasteiger partial charge in [-0.1, -0.05) is 62.2 Å². The first-order valence-electron chi connectivity index (χ1n) is 8.80. The molecule has 2 aromatic carbocycles. The molecule has 4 heteroatoms. The molecule has 0 aromatic heterocycles. The van der Waals surface area contributed by atoms with Crippen LogP contribution in [-0.2, 0) is 9.31 Å². The first kappa shape index (κ1) is 17.1. The first-order valence-corrected chi connectivity index (χ1v) is 8.80. The van der Waals surface area contributed by atoms with Crippen molar-refractivity contribution in [3.63, 3.8) is 0 Å². The molecule has 24 heavy (non-hydrogen) atoms. The second-order valence-corrected chi connectivity index (χ2v) is 6.28. The van der Waals surface area contributed by atoms with Crippen molar-refractivity contribution in [2.75, 3.05) is 7.11 Å². The quantitative estimate of drug-likeness (QED) is 0.748. The first-order chi connectivity index (χ1) is 11.8. The van der Waals surface area contributed by atoms with Crippen LogP contribution in [0.1, 0.15) is 44.3 Å². The summed E-state index contributed by atoms with van der Waals surface area (Å²) in [5.41, 5.74) is 2.26. The van der Waals surface area contributed by atoms with E-state index in [2.05, 4.69) is 31.2 Å². The highest BCUT2D eigenvalue weighted by Crippen LogP contribution is 2.32. The largest absolute Gasteiger partial charge is 0.497 e. The fraction of sp³-hybridized carbons (Fsp3) is 0.400. The average Bonchev–Trinajstić information content (AvgIpc) is 2.67. The molecule has 0 N–H and O–H groups in total. The van der Waals surface area contributed by atoms with E-state index in [0.29, 0.717) is 0 Å². The minimum Gasteiger partial charge on any atom is -0.497 e. The van der Waals surface area contributed by atoms with Crippen LogP contribution in [0, 0.1) is 0 Å². The minimum absolute atomic E-state index is 0.0525. The van der Waals surface area contributed by atoms with Crippen LogP contribution in [0.2, 0.25) is 0 Å². The van der Waals surface area contributed by atoms with Gasteiger partial charge in [-0.15, -0.1) is 0 Å². The molecule has 0 unspecified atom stereocenters. The molecule has 0 radical (unpaired) electrons. The number of hydrogen-bond acceptors (Lipinski definition) is 3. The topological polar surface area (TPSA) is 27.7 Å². The molecule has 3 nitrogen and oxygen atoms in total. The molecule has 0 spiro atoms. The van der Waals surface area contributed by atoms with Gasteiger partial charge in [0, 0.05) is 12.5 Å². The SMILES string of the molecule is CCCC[C@H]1C[C@@H](c2ccc(OC)cc2)OB(c2ccccc2)O1. The monoisotopic (exact) mass is 324 g/mol. The third-order valence-corrected chi connectivity index (χ3v) is 4.52. The molecule has 0 saturated carbocycles. The van der Waals surface area contributed by atoms with Gasteiger partial charge in [0.25, 0.3) is 0 Å². The maximum absolute atomic E-state index is 6.28. The zero-order chi connectivity index (χ0) is 16.8. The summed E-state index contributed by atoms with van der Waals surface area (Å²) in [6.07, 6.45) is 4.63. The van der Waals surface area contributed by atoms with Crippen LogP contribution in [0.15, 0.2) is 54.6 Å². The number of rotatable bonds is 6. The Morgan fingerprint density at radius 2 is 1.79 bits per heavy atom. The third-order valence-electron chi connectivity index (χ3n) is 4.52. The van der Waals surface area contributed by atoms with Crippen LogP contribution in [0.3, 0.4) is 0 Å². The summed E-state index contributed by atoms with van der Waals surface area (Å²) in [6, 6.07) is 18.4. The van der Waals surface area contributed by atoms with Crippen molar-refractivity contribution < 1.29 is 14.0 Å². The molecule has 1 aliphatic heterocycles. The standard InChI is InChI=1S/C20H25BO3/c1-3-4-10-19-15-20(16-11-13-18(22-2)14-12-16)24-21(23-19)17-8-6-5-7-9-17/h5-9,11-14,19-20H,3-4,10,15H2,1-2H3/t19-,20-/m0/s1. The Kier molecular flexibility index (Phi) is 5.94. The molecular formula is C20H25BO3. The van der Waals surface area contributed by atoms with E-state index in [1.54, 1.807) is 7.11 Å². The zero-order valence-corrected chi connectivity index (χ0v) is 14.5. The summed E-state index contributed by atoms with van der Waals surface area (Å²) >= 11 is 0. The van der Waals surface area contributed by atoms with Gasteiger partial charge in [0.2, 0.25) is 0 Å². The summed E-state index contributed by atoms with van der Waals surface area (Å²) < 4.78 is 17.8. The fourth-order valence-electron chi connectivity index (χ4n) is 3.12. The highest BCUT2D eigenvalue weighted by molar-refractivity contribution is 6.61. The molecule has 1 fully saturated rings. The molecule has 2 aromatic rings. The smallest absolute Gasteiger partial charge is 0.494 e. The lowest BCUT2D eigenvalue weighted by molar-refractivity contribution is 0.0169. The highest BCUT2D eigenvalue weighted by Gasteiger charge is 2.35. The minimum atomic E-state index is -0.297. The van der Waals surface area contributed by atoms with Gasteiger partial charge in [-0.05, 0) is 29.6 Å². The molecule has 0 bridgehead atoms. The van der Waals surface area contributed by atoms with E-state index in [9.17, 15) is 0 Å². The maximum atomic E-state index is 6.28. The lowest BCUT2D eigenvalue weighted by atomic mass is 9.76. The molecule has 1 saturated heterocycles. The van der Waals surface area contributed by atoms with Gasteiger partial charge in [-0.2, -0.15) is 0 Å². The van der Waals surface area contributed by atoms with E-state index in [-0.39, 0.29) is 19.3 Å². The summed E-state index contributed by atoms with van der Waals surface area (Å²) in [6.45, 7) is 2.22. The van der Waals surface area contributed by atoms with Crippen molar-refractivity contribution in [1.29, 1.82) is 0 Å². The number of hydrogen-bond donors (Lipinski definition) is 0. The van der Waals surface area contributed by atoms with E-state index >= 15 is 0 Å². The molecule has 1 heterocycles. The molecule has 2 atom stereocenters. The predicted molar refractivity (Wildman–Crippen MR) is 97.7 cm³/mol. The maximum Gasteiger partial charge on any atom is 0.494 e. The van der Waals surface area contributed by atoms with Crippen molar-refractivity contribution in [2.45, 2.75) is 44.8 Å². The van der Waals surface area contributed by atoms with Crippen LogP contribution >= 0.6 is 0 Å². The molecule has 3 rings (SSSR count). The normalized spacial score (nSPS) is 20.8. The third kappa shape index (κ3) is 4.19. The van der Waals surface area contributed by atoms with E-state index in [0.717, 1.165) is 24.1 Å². The van der Waals surface area contributed by atoms with Gasteiger partial charge in [0.05, 0.1) is 13.2 Å². The molecule has 0 amide bonds. The van der Waals surface area contributed by atoms with Gasteiger partial charge in [0.15, 0.2) is 0 Å². The highest BCUT2D eigenvalue weighted by atomic mass is 16.6. The summed E-state index contributed by atoms with van der Waals surface area (Å²) in [7, 11) is 1.39. The average molecular weight is 324 g/mol. The molecular weight excluding hydrogens is 299 g/mol. The predicted octanol–water partition coefficient (Wildman–Crippen LogP) is 4.13. The van der Waals surface area contributed by atoms with E-state index in [4.69, 9.17) is 14.0 Å². The van der Waals surface area contributed by atoms with Gasteiger partial charge < -0.3 is 14.0 Å². The van der Waals surface area contributed by atoms with E-state index in [1.807, 2.05) is 30.3 Å². The van der Waals surface area contributed by atoms with Crippen LogP contribution in [0.25, 0.3) is 0 Å². The molecule has 126 valence electrons. The Hall–Kier alpha value is -1.78. The molecule has 1 aliphatic rings. The Balaban J connectivity index is 1.79. The number of ether oxygens (including phenoxy) is 1. The Morgan fingerprint density at radius 3 is 2.46 bits per heavy atom. The van der Waals surface area contributed by atoms with E-state index in [1.165, 1.54) is 18.4 Å². The summed E-state index contributed by atoms with van der Waals surface area (Å²) in [5.74, 6) is 0.868. The van der Waals surface area contributed by atoms with E-state index < -0.39 is 0 Å². The Morgan fingerprint density at radius 1 is 1.04 bits per heavy atom. The summed E-state index contributed by atoms with van der Waals surface area (Å²) in [4.78, 5) is 0. The lowest BCUT2D eigenvalue weighted by Gasteiger charge is -2.35. The van der Waals surface area contributed by atoms with Crippen LogP contribution < -0.4 is 10.2 Å². The second kappa shape index (κ2) is 8.36. The lowest BCUT2D eigenvalue weighted by Crippen LogP contribution is -2.45. The van der Waals surface area contributed by atoms with Gasteiger partial charge >= 0.3 is 7.12 Å². The van der Waals surface area contributed by atoms with Gasteiger partial charge in [-0.3, -0.25) is 0 Å². The Labute approximate surface area is 145 Å². The van der Waals surface area contributed by atoms with Crippen molar-refractivity contribution in [3.05, 3.63) is 60.2 Å². The Bertz CT molecular complexity index is 615. The van der Waals surface area contributed by atoms with Crippen molar-refractivity contribution in [2.24, 2.45) is 0 Å². The zero-order valence-electron chi connectivity index (χ0n) is 14.5. The van der Waals surface area contributed by atoms with Gasteiger partial charge in [-0.25, -0.2) is 0 Å². The van der Waals surface area contributed by atoms with Gasteiger partial charge in [0.1, 0.15) is 5.75 Å². The van der Waals surface area contributed by atoms with Crippen molar-refractivity contribution >= 4 is 12.6 Å². The second-order valence-electron chi connectivity index (χ2n) is 6.28. The van der Waals surface area contributed by atoms with Crippen LogP contribution in [-0.4, -0.2) is 20.3 Å². The van der Waals surface area contributed by atoms with Crippen LogP contribution in [0.5, 0.6) is 5.75 Å². The van der Waals surface area contributed by atoms with Crippen LogP contribution in [0.4, 0.5) is 0 Å².